The van der Waals surface area contributed by atoms with Crippen LogP contribution in [0.5, 0.6) is 0 Å². The summed E-state index contributed by atoms with van der Waals surface area (Å²) in [6.45, 7) is 5.81. The molecule has 1 saturated heterocycles. The number of hydrogen-bond acceptors (Lipinski definition) is 5. The Labute approximate surface area is 183 Å². The third kappa shape index (κ3) is 5.16. The molecular formula is C21H32F2N4O3S. The van der Waals surface area contributed by atoms with E-state index >= 15 is 0 Å². The maximum atomic E-state index is 13.5. The summed E-state index contributed by atoms with van der Waals surface area (Å²) in [7, 11) is -2.37. The summed E-state index contributed by atoms with van der Waals surface area (Å²) in [5, 5.41) is 3.09. The van der Waals surface area contributed by atoms with Gasteiger partial charge in [0.25, 0.3) is 0 Å². The quantitative estimate of drug-likeness (QED) is 0.707. The van der Waals surface area contributed by atoms with Crippen LogP contribution in [-0.4, -0.2) is 66.2 Å². The van der Waals surface area contributed by atoms with Gasteiger partial charge in [-0.15, -0.1) is 0 Å². The van der Waals surface area contributed by atoms with Gasteiger partial charge in [0.15, 0.2) is 0 Å². The molecule has 1 amide bonds. The van der Waals surface area contributed by atoms with Gasteiger partial charge in [-0.3, -0.25) is 4.79 Å². The molecule has 2 heterocycles. The van der Waals surface area contributed by atoms with E-state index in [9.17, 15) is 22.0 Å². The van der Waals surface area contributed by atoms with Crippen LogP contribution in [-0.2, 0) is 14.8 Å². The van der Waals surface area contributed by atoms with E-state index in [-0.39, 0.29) is 60.9 Å². The molecule has 1 aromatic heterocycles. The summed E-state index contributed by atoms with van der Waals surface area (Å²) in [5.74, 6) is -2.73. The summed E-state index contributed by atoms with van der Waals surface area (Å²) in [6, 6.07) is 2.02. The topological polar surface area (TPSA) is 82.6 Å². The fourth-order valence-corrected chi connectivity index (χ4v) is 6.10. The first-order valence-corrected chi connectivity index (χ1v) is 12.3. The van der Waals surface area contributed by atoms with Gasteiger partial charge in [0.2, 0.25) is 21.9 Å². The standard InChI is InChI=1S/C21H32F2N4O3S/c1-14(2)24-19-18(8-7-15(3)25-19)31(29,30)27-13-5-6-17(27)20(28)26(4)16-9-11-21(22,23)12-10-16/h7-8,14,16-17H,5-6,9-13H2,1-4H3,(H,24,25)/t17-/m0/s1. The molecule has 3 rings (SSSR count). The molecule has 0 radical (unpaired) electrons. The van der Waals surface area contributed by atoms with Crippen molar-refractivity contribution < 1.29 is 22.0 Å². The first-order chi connectivity index (χ1) is 14.4. The van der Waals surface area contributed by atoms with Gasteiger partial charge in [-0.1, -0.05) is 0 Å². The van der Waals surface area contributed by atoms with E-state index < -0.39 is 22.0 Å². The molecule has 174 valence electrons. The number of rotatable bonds is 6. The smallest absolute Gasteiger partial charge is 0.248 e. The van der Waals surface area contributed by atoms with Gasteiger partial charge in [0.1, 0.15) is 16.8 Å². The lowest BCUT2D eigenvalue weighted by Gasteiger charge is -2.37. The van der Waals surface area contributed by atoms with Gasteiger partial charge in [-0.2, -0.15) is 4.31 Å². The van der Waals surface area contributed by atoms with Gasteiger partial charge in [0, 0.05) is 44.2 Å². The largest absolute Gasteiger partial charge is 0.367 e. The Morgan fingerprint density at radius 3 is 2.52 bits per heavy atom. The highest BCUT2D eigenvalue weighted by Gasteiger charge is 2.44. The number of pyridine rings is 1. The van der Waals surface area contributed by atoms with Crippen LogP contribution >= 0.6 is 0 Å². The third-order valence-corrected chi connectivity index (χ3v) is 8.02. The number of hydrogen-bond donors (Lipinski definition) is 1. The Balaban J connectivity index is 1.83. The number of aryl methyl sites for hydroxylation is 1. The zero-order chi connectivity index (χ0) is 23.0. The van der Waals surface area contributed by atoms with E-state index in [2.05, 4.69) is 10.3 Å². The molecule has 2 fully saturated rings. The zero-order valence-corrected chi connectivity index (χ0v) is 19.4. The van der Waals surface area contributed by atoms with Gasteiger partial charge in [-0.05, 0) is 58.6 Å². The van der Waals surface area contributed by atoms with Crippen molar-refractivity contribution in [1.29, 1.82) is 0 Å². The van der Waals surface area contributed by atoms with Crippen LogP contribution in [0.25, 0.3) is 0 Å². The summed E-state index contributed by atoms with van der Waals surface area (Å²) in [4.78, 5) is 19.1. The number of likely N-dealkylation sites (N-methyl/N-ethyl adjacent to an activating group) is 1. The molecule has 0 unspecified atom stereocenters. The molecule has 1 aliphatic heterocycles. The van der Waals surface area contributed by atoms with E-state index in [0.717, 1.165) is 0 Å². The summed E-state index contributed by atoms with van der Waals surface area (Å²) < 4.78 is 55.3. The van der Waals surface area contributed by atoms with E-state index in [4.69, 9.17) is 0 Å². The molecule has 1 aromatic rings. The highest BCUT2D eigenvalue weighted by Crippen LogP contribution is 2.36. The van der Waals surface area contributed by atoms with E-state index in [1.165, 1.54) is 15.3 Å². The summed E-state index contributed by atoms with van der Waals surface area (Å²) in [5.41, 5.74) is 0.685. The highest BCUT2D eigenvalue weighted by molar-refractivity contribution is 7.89. The number of nitrogens with zero attached hydrogens (tertiary/aromatic N) is 3. The van der Waals surface area contributed by atoms with Gasteiger partial charge in [0.05, 0.1) is 0 Å². The number of amides is 1. The van der Waals surface area contributed by atoms with Crippen LogP contribution in [0.3, 0.4) is 0 Å². The molecule has 1 N–H and O–H groups in total. The maximum Gasteiger partial charge on any atom is 0.248 e. The molecule has 10 heteroatoms. The Bertz CT molecular complexity index is 913. The molecule has 1 aliphatic carbocycles. The SMILES string of the molecule is Cc1ccc(S(=O)(=O)N2CCC[C@H]2C(=O)N(C)C2CCC(F)(F)CC2)c(NC(C)C)n1. The monoisotopic (exact) mass is 458 g/mol. The predicted octanol–water partition coefficient (Wildman–Crippen LogP) is 3.40. The van der Waals surface area contributed by atoms with Gasteiger partial charge in [-0.25, -0.2) is 22.2 Å². The molecular weight excluding hydrogens is 426 g/mol. The minimum atomic E-state index is -3.97. The second kappa shape index (κ2) is 8.97. The van der Waals surface area contributed by atoms with Crippen LogP contribution in [0.1, 0.15) is 58.1 Å². The van der Waals surface area contributed by atoms with Crippen LogP contribution in [0.15, 0.2) is 17.0 Å². The van der Waals surface area contributed by atoms with Crippen LogP contribution in [0.4, 0.5) is 14.6 Å². The molecule has 1 saturated carbocycles. The van der Waals surface area contributed by atoms with Gasteiger partial charge < -0.3 is 10.2 Å². The van der Waals surface area contributed by atoms with Crippen molar-refractivity contribution in [1.82, 2.24) is 14.2 Å². The summed E-state index contributed by atoms with van der Waals surface area (Å²) in [6.07, 6.45) is 0.927. The van der Waals surface area contributed by atoms with Crippen molar-refractivity contribution in [3.8, 4) is 0 Å². The fourth-order valence-electron chi connectivity index (χ4n) is 4.36. The minimum Gasteiger partial charge on any atom is -0.367 e. The number of carbonyl (C=O) groups excluding carboxylic acids is 1. The Kier molecular flexibility index (Phi) is 6.90. The van der Waals surface area contributed by atoms with Crippen molar-refractivity contribution in [3.05, 3.63) is 17.8 Å². The van der Waals surface area contributed by atoms with Crippen LogP contribution < -0.4 is 5.32 Å². The molecule has 0 spiro atoms. The molecule has 1 atom stereocenters. The first-order valence-electron chi connectivity index (χ1n) is 10.8. The lowest BCUT2D eigenvalue weighted by atomic mass is 9.91. The molecule has 31 heavy (non-hydrogen) atoms. The Morgan fingerprint density at radius 1 is 1.26 bits per heavy atom. The maximum absolute atomic E-state index is 13.5. The van der Waals surface area contributed by atoms with E-state index in [1.54, 1.807) is 20.0 Å². The van der Waals surface area contributed by atoms with Crippen molar-refractivity contribution in [2.24, 2.45) is 0 Å². The summed E-state index contributed by atoms with van der Waals surface area (Å²) >= 11 is 0. The molecule has 0 aromatic carbocycles. The number of halogens is 2. The average molecular weight is 459 g/mol. The molecule has 7 nitrogen and oxygen atoms in total. The van der Waals surface area contributed by atoms with Crippen molar-refractivity contribution >= 4 is 21.7 Å². The third-order valence-electron chi connectivity index (χ3n) is 6.08. The molecule has 0 bridgehead atoms. The van der Waals surface area contributed by atoms with Crippen molar-refractivity contribution in [3.63, 3.8) is 0 Å². The number of nitrogens with one attached hydrogen (secondary N) is 1. The van der Waals surface area contributed by atoms with Crippen molar-refractivity contribution in [2.45, 2.75) is 88.2 Å². The lowest BCUT2D eigenvalue weighted by molar-refractivity contribution is -0.138. The average Bonchev–Trinajstić information content (AvgIpc) is 3.17. The second-order valence-electron chi connectivity index (χ2n) is 8.91. The second-order valence-corrected chi connectivity index (χ2v) is 10.8. The number of alkyl halides is 2. The highest BCUT2D eigenvalue weighted by atomic mass is 32.2. The first kappa shape index (κ1) is 23.8. The number of anilines is 1. The minimum absolute atomic E-state index is 0.0187. The zero-order valence-electron chi connectivity index (χ0n) is 18.6. The van der Waals surface area contributed by atoms with Crippen LogP contribution in [0, 0.1) is 6.92 Å². The van der Waals surface area contributed by atoms with Crippen LogP contribution in [0.2, 0.25) is 0 Å². The normalized spacial score (nSPS) is 22.6. The predicted molar refractivity (Wildman–Crippen MR) is 115 cm³/mol. The number of sulfonamides is 1. The van der Waals surface area contributed by atoms with E-state index in [1.807, 2.05) is 13.8 Å². The molecule has 2 aliphatic rings. The van der Waals surface area contributed by atoms with E-state index in [0.29, 0.717) is 18.5 Å². The van der Waals surface area contributed by atoms with Gasteiger partial charge >= 0.3 is 0 Å². The van der Waals surface area contributed by atoms with Crippen molar-refractivity contribution in [2.75, 3.05) is 18.9 Å². The number of carbonyl (C=O) groups is 1. The lowest BCUT2D eigenvalue weighted by Crippen LogP contribution is -2.50. The fraction of sp³-hybridized carbons (Fsp3) is 0.714. The Hall–Kier alpha value is -1.81. The number of aromatic nitrogens is 1. The Morgan fingerprint density at radius 2 is 1.90 bits per heavy atom.